The lowest BCUT2D eigenvalue weighted by atomic mass is 9.99. The van der Waals surface area contributed by atoms with Gasteiger partial charge in [-0.15, -0.1) is 0 Å². The van der Waals surface area contributed by atoms with Crippen LogP contribution in [0.2, 0.25) is 0 Å². The third kappa shape index (κ3) is 9.75. The highest BCUT2D eigenvalue weighted by molar-refractivity contribution is 5.05. The van der Waals surface area contributed by atoms with Crippen LogP contribution in [0.5, 0.6) is 0 Å². The molecule has 0 radical (unpaired) electrons. The standard InChI is InChI=1S/C36H62O31/c37-1-12-18(44)24(50)25(51)31(61-12)67-36(30(56)23(49)17(66-36)6-57-32(7-42)26(52)19(45)13(2-38)62-32)11-60-35(29(55)22(48)16(5-41)65-35)10-59-34(28(54)21(47)15(4-40)64-34)9-58-33(8-43)27(53)20(46)14(3-39)63-33/h12-31,37-56H,1-11H2/t12-,13-,14-,15-,16-,17-,18-,19-,20-,21-,22-,23-,24+,25-,26+,27+,28+,29+,30+,31-,32-,33-,34-,35-,36+/m1/s1. The van der Waals surface area contributed by atoms with E-state index in [0.29, 0.717) is 0 Å². The molecule has 6 fully saturated rings. The average Bonchev–Trinajstić information content (AvgIpc) is 4.00. The smallest absolute Gasteiger partial charge is 0.224 e. The fourth-order valence-corrected chi connectivity index (χ4v) is 8.67. The highest BCUT2D eigenvalue weighted by Crippen LogP contribution is 2.44. The highest BCUT2D eigenvalue weighted by atomic mass is 16.8. The van der Waals surface area contributed by atoms with Crippen molar-refractivity contribution < 1.29 is 154 Å². The molecule has 0 aromatic rings. The van der Waals surface area contributed by atoms with E-state index in [0.717, 1.165) is 0 Å². The summed E-state index contributed by atoms with van der Waals surface area (Å²) in [5, 5.41) is 211. The fourth-order valence-electron chi connectivity index (χ4n) is 8.67. The minimum absolute atomic E-state index is 0.860. The Bertz CT molecular complexity index is 1590. The Balaban J connectivity index is 1.33. The largest absolute Gasteiger partial charge is 0.394 e. The quantitative estimate of drug-likeness (QED) is 0.0508. The molecule has 392 valence electrons. The minimum Gasteiger partial charge on any atom is -0.394 e. The third-order valence-corrected chi connectivity index (χ3v) is 12.9. The van der Waals surface area contributed by atoms with Gasteiger partial charge >= 0.3 is 0 Å². The summed E-state index contributed by atoms with van der Waals surface area (Å²) in [7, 11) is 0. The second-order valence-corrected chi connectivity index (χ2v) is 17.1. The van der Waals surface area contributed by atoms with Crippen LogP contribution in [-0.4, -0.2) is 326 Å². The van der Waals surface area contributed by atoms with Gasteiger partial charge in [0.1, 0.15) is 149 Å². The van der Waals surface area contributed by atoms with Gasteiger partial charge in [0, 0.05) is 0 Å². The molecular formula is C36H62O31. The Morgan fingerprint density at radius 1 is 0.313 bits per heavy atom. The van der Waals surface area contributed by atoms with E-state index in [1.807, 2.05) is 0 Å². The van der Waals surface area contributed by atoms with Gasteiger partial charge in [-0.25, -0.2) is 0 Å². The van der Waals surface area contributed by atoms with Gasteiger partial charge in [-0.2, -0.15) is 0 Å². The second kappa shape index (κ2) is 21.5. The molecule has 6 aliphatic rings. The molecule has 31 nitrogen and oxygen atoms in total. The molecule has 6 saturated heterocycles. The monoisotopic (exact) mass is 990 g/mol. The summed E-state index contributed by atoms with van der Waals surface area (Å²) in [6.45, 7) is -12.1. The van der Waals surface area contributed by atoms with Crippen LogP contribution in [0.1, 0.15) is 0 Å². The van der Waals surface area contributed by atoms with Crippen molar-refractivity contribution in [3.05, 3.63) is 0 Å². The average molecular weight is 991 g/mol. The van der Waals surface area contributed by atoms with Crippen LogP contribution < -0.4 is 0 Å². The number of hydrogen-bond acceptors (Lipinski definition) is 31. The SMILES string of the molecule is OC[C@H]1O[C@@](CO)(OC[C@H]2O[C@@](CO[C@]3(CO[C@]4(CO[C@]5(CO)O[C@H](CO)[C@@H](O)[C@@H]5O)O[C@H](CO)[C@@H](O)[C@@H]4O)O[C@H](CO)[C@@H](O)[C@@H]3O)(O[C@H]3O[C@H](CO)[C@@H](O)[C@H](O)[C@H]3O)[C@@H](O)[C@@H]2O)[C@@H](O)[C@@H]1O. The molecule has 6 heterocycles. The summed E-state index contributed by atoms with van der Waals surface area (Å²) in [6.07, 6.45) is -39.7. The summed E-state index contributed by atoms with van der Waals surface area (Å²) in [4.78, 5) is 0. The summed E-state index contributed by atoms with van der Waals surface area (Å²) in [6, 6.07) is 0. The van der Waals surface area contributed by atoms with Crippen molar-refractivity contribution in [1.82, 2.24) is 0 Å². The molecule has 0 aromatic carbocycles. The predicted octanol–water partition coefficient (Wildman–Crippen LogP) is -14.1. The van der Waals surface area contributed by atoms with Crippen molar-refractivity contribution in [3.8, 4) is 0 Å². The van der Waals surface area contributed by atoms with E-state index < -0.39 is 224 Å². The van der Waals surface area contributed by atoms with Crippen molar-refractivity contribution >= 4 is 0 Å². The predicted molar refractivity (Wildman–Crippen MR) is 199 cm³/mol. The molecule has 6 aliphatic heterocycles. The van der Waals surface area contributed by atoms with Crippen molar-refractivity contribution in [2.75, 3.05) is 72.7 Å². The van der Waals surface area contributed by atoms with Gasteiger partial charge in [0.25, 0.3) is 0 Å². The van der Waals surface area contributed by atoms with Crippen LogP contribution in [0.3, 0.4) is 0 Å². The van der Waals surface area contributed by atoms with E-state index in [1.54, 1.807) is 0 Å². The first-order valence-electron chi connectivity index (χ1n) is 21.0. The zero-order valence-corrected chi connectivity index (χ0v) is 35.3. The van der Waals surface area contributed by atoms with Gasteiger partial charge in [0.05, 0.1) is 39.6 Å². The molecule has 25 atom stereocenters. The topological polar surface area (TPSA) is 506 Å². The van der Waals surface area contributed by atoms with E-state index in [2.05, 4.69) is 0 Å². The molecule has 6 rings (SSSR count). The van der Waals surface area contributed by atoms with Gasteiger partial charge < -0.3 is 154 Å². The fraction of sp³-hybridized carbons (Fsp3) is 1.00. The van der Waals surface area contributed by atoms with E-state index in [4.69, 9.17) is 52.1 Å². The third-order valence-electron chi connectivity index (χ3n) is 12.9. The maximum Gasteiger partial charge on any atom is 0.224 e. The maximum absolute atomic E-state index is 11.7. The second-order valence-electron chi connectivity index (χ2n) is 17.1. The van der Waals surface area contributed by atoms with Gasteiger partial charge in [0.2, 0.25) is 28.9 Å². The molecule has 0 amide bonds. The Kier molecular flexibility index (Phi) is 17.6. The lowest BCUT2D eigenvalue weighted by molar-refractivity contribution is -0.407. The highest BCUT2D eigenvalue weighted by Gasteiger charge is 2.66. The molecular weight excluding hydrogens is 928 g/mol. The lowest BCUT2D eigenvalue weighted by Crippen LogP contribution is -2.63. The minimum atomic E-state index is -3.00. The van der Waals surface area contributed by atoms with Gasteiger partial charge in [0.15, 0.2) is 6.29 Å². The molecule has 0 unspecified atom stereocenters. The molecule has 0 saturated carbocycles. The van der Waals surface area contributed by atoms with Gasteiger partial charge in [-0.3, -0.25) is 0 Å². The van der Waals surface area contributed by atoms with E-state index in [1.165, 1.54) is 0 Å². The van der Waals surface area contributed by atoms with Crippen molar-refractivity contribution in [2.45, 2.75) is 151 Å². The number of aliphatic hydroxyl groups is 20. The van der Waals surface area contributed by atoms with Crippen LogP contribution in [0, 0.1) is 0 Å². The van der Waals surface area contributed by atoms with Gasteiger partial charge in [-0.05, 0) is 0 Å². The van der Waals surface area contributed by atoms with Crippen LogP contribution in [0.4, 0.5) is 0 Å². The number of ether oxygens (including phenoxy) is 11. The van der Waals surface area contributed by atoms with Gasteiger partial charge in [-0.1, -0.05) is 0 Å². The molecule has 0 aromatic heterocycles. The molecule has 0 aliphatic carbocycles. The van der Waals surface area contributed by atoms with E-state index >= 15 is 0 Å². The van der Waals surface area contributed by atoms with Crippen molar-refractivity contribution in [1.29, 1.82) is 0 Å². The molecule has 0 spiro atoms. The maximum atomic E-state index is 11.7. The normalized spacial score (nSPS) is 52.5. The molecule has 0 bridgehead atoms. The zero-order valence-electron chi connectivity index (χ0n) is 35.3. The summed E-state index contributed by atoms with van der Waals surface area (Å²) in [5.74, 6) is -13.8. The Morgan fingerprint density at radius 3 is 1.01 bits per heavy atom. The van der Waals surface area contributed by atoms with Crippen molar-refractivity contribution in [2.24, 2.45) is 0 Å². The zero-order chi connectivity index (χ0) is 49.6. The Morgan fingerprint density at radius 2 is 0.627 bits per heavy atom. The summed E-state index contributed by atoms with van der Waals surface area (Å²) < 4.78 is 62.4. The summed E-state index contributed by atoms with van der Waals surface area (Å²) >= 11 is 0. The first kappa shape index (κ1) is 55.1. The Labute approximate surface area is 378 Å². The number of aliphatic hydroxyl groups excluding tert-OH is 20. The number of rotatable bonds is 21. The van der Waals surface area contributed by atoms with Crippen LogP contribution in [0.15, 0.2) is 0 Å². The molecule has 67 heavy (non-hydrogen) atoms. The van der Waals surface area contributed by atoms with E-state index in [9.17, 15) is 102 Å². The number of hydrogen-bond donors (Lipinski definition) is 20. The van der Waals surface area contributed by atoms with Crippen LogP contribution in [0.25, 0.3) is 0 Å². The summed E-state index contributed by atoms with van der Waals surface area (Å²) in [5.41, 5.74) is 0. The molecule has 20 N–H and O–H groups in total. The first-order chi connectivity index (χ1) is 31.6. The van der Waals surface area contributed by atoms with Crippen LogP contribution in [-0.2, 0) is 52.1 Å². The van der Waals surface area contributed by atoms with Crippen LogP contribution >= 0.6 is 0 Å². The Hall–Kier alpha value is -1.24. The van der Waals surface area contributed by atoms with E-state index in [-0.39, 0.29) is 0 Å². The first-order valence-corrected chi connectivity index (χ1v) is 21.0. The molecule has 31 heteroatoms. The lowest BCUT2D eigenvalue weighted by Gasteiger charge is -2.45. The van der Waals surface area contributed by atoms with Crippen molar-refractivity contribution in [3.63, 3.8) is 0 Å².